The van der Waals surface area contributed by atoms with E-state index < -0.39 is 0 Å². The Balaban J connectivity index is 2.21. The van der Waals surface area contributed by atoms with Crippen LogP contribution in [0.3, 0.4) is 0 Å². The molecule has 0 radical (unpaired) electrons. The molecule has 5 heteroatoms. The topological polar surface area (TPSA) is 63.8 Å². The van der Waals surface area contributed by atoms with E-state index in [1.54, 1.807) is 17.7 Å². The molecule has 0 aliphatic heterocycles. The molecule has 3 rings (SSSR count). The van der Waals surface area contributed by atoms with Crippen molar-refractivity contribution in [1.29, 1.82) is 0 Å². The van der Waals surface area contributed by atoms with E-state index >= 15 is 0 Å². The maximum absolute atomic E-state index is 5.60. The summed E-state index contributed by atoms with van der Waals surface area (Å²) in [4.78, 5) is 10.8. The first-order valence-electron chi connectivity index (χ1n) is 6.93. The summed E-state index contributed by atoms with van der Waals surface area (Å²) in [5.41, 5.74) is 6.36. The van der Waals surface area contributed by atoms with Gasteiger partial charge in [0, 0.05) is 10.4 Å². The molecule has 21 heavy (non-hydrogen) atoms. The predicted molar refractivity (Wildman–Crippen MR) is 89.5 cm³/mol. The van der Waals surface area contributed by atoms with Gasteiger partial charge < -0.3 is 5.43 Å². The molecule has 0 unspecified atom stereocenters. The lowest BCUT2D eigenvalue weighted by atomic mass is 9.98. The zero-order valence-electron chi connectivity index (χ0n) is 12.3. The fourth-order valence-corrected chi connectivity index (χ4v) is 3.55. The van der Waals surface area contributed by atoms with Gasteiger partial charge in [-0.3, -0.25) is 0 Å². The number of nitrogens with one attached hydrogen (secondary N) is 1. The smallest absolute Gasteiger partial charge is 0.152 e. The van der Waals surface area contributed by atoms with Gasteiger partial charge >= 0.3 is 0 Å². The van der Waals surface area contributed by atoms with Crippen molar-refractivity contribution in [2.75, 3.05) is 5.43 Å². The van der Waals surface area contributed by atoms with Crippen LogP contribution in [-0.4, -0.2) is 9.97 Å². The summed E-state index contributed by atoms with van der Waals surface area (Å²) >= 11 is 1.67. The zero-order chi connectivity index (χ0) is 15.0. The number of fused-ring (bicyclic) bond motifs is 1. The van der Waals surface area contributed by atoms with Gasteiger partial charge in [-0.25, -0.2) is 15.8 Å². The first-order chi connectivity index (χ1) is 10.1. The number of hydrazine groups is 1. The Morgan fingerprint density at radius 3 is 2.48 bits per heavy atom. The highest BCUT2D eigenvalue weighted by atomic mass is 32.1. The number of hydrogen-bond acceptors (Lipinski definition) is 5. The van der Waals surface area contributed by atoms with E-state index in [4.69, 9.17) is 5.84 Å². The van der Waals surface area contributed by atoms with Crippen LogP contribution in [0.1, 0.15) is 30.2 Å². The molecule has 0 saturated heterocycles. The van der Waals surface area contributed by atoms with Gasteiger partial charge in [0.25, 0.3) is 0 Å². The first kappa shape index (κ1) is 14.0. The Labute approximate surface area is 128 Å². The molecule has 0 saturated carbocycles. The normalized spacial score (nSPS) is 11.3. The monoisotopic (exact) mass is 298 g/mol. The molecule has 2 heterocycles. The molecule has 4 nitrogen and oxygen atoms in total. The van der Waals surface area contributed by atoms with Crippen molar-refractivity contribution in [2.24, 2.45) is 5.84 Å². The second-order valence-electron chi connectivity index (χ2n) is 5.36. The van der Waals surface area contributed by atoms with Gasteiger partial charge in [-0.2, -0.15) is 0 Å². The van der Waals surface area contributed by atoms with Gasteiger partial charge in [0.15, 0.2) is 5.82 Å². The van der Waals surface area contributed by atoms with Crippen LogP contribution < -0.4 is 11.3 Å². The number of nitrogens with two attached hydrogens (primary N) is 1. The van der Waals surface area contributed by atoms with Crippen molar-refractivity contribution in [3.63, 3.8) is 0 Å². The predicted octanol–water partition coefficient (Wildman–Crippen LogP) is 4.08. The van der Waals surface area contributed by atoms with Gasteiger partial charge in [0.05, 0.1) is 5.39 Å². The molecule has 0 fully saturated rings. The highest BCUT2D eigenvalue weighted by molar-refractivity contribution is 7.19. The molecular weight excluding hydrogens is 280 g/mol. The van der Waals surface area contributed by atoms with Crippen LogP contribution in [0, 0.1) is 6.92 Å². The number of nitrogens with zero attached hydrogens (tertiary/aromatic N) is 2. The largest absolute Gasteiger partial charge is 0.308 e. The zero-order valence-corrected chi connectivity index (χ0v) is 13.2. The average Bonchev–Trinajstić information content (AvgIpc) is 2.83. The van der Waals surface area contributed by atoms with E-state index in [1.807, 2.05) is 0 Å². The van der Waals surface area contributed by atoms with E-state index in [9.17, 15) is 0 Å². The highest BCUT2D eigenvalue weighted by Gasteiger charge is 2.16. The fraction of sp³-hybridized carbons (Fsp3) is 0.250. The van der Waals surface area contributed by atoms with Crippen molar-refractivity contribution in [2.45, 2.75) is 26.7 Å². The summed E-state index contributed by atoms with van der Waals surface area (Å²) in [6.07, 6.45) is 1.54. The van der Waals surface area contributed by atoms with E-state index in [0.717, 1.165) is 10.2 Å². The van der Waals surface area contributed by atoms with Crippen molar-refractivity contribution < 1.29 is 0 Å². The maximum atomic E-state index is 5.60. The number of thiophene rings is 1. The average molecular weight is 298 g/mol. The van der Waals surface area contributed by atoms with Gasteiger partial charge in [0.2, 0.25) is 0 Å². The molecule has 0 atom stereocenters. The minimum atomic E-state index is 0.531. The van der Waals surface area contributed by atoms with E-state index in [-0.39, 0.29) is 0 Å². The lowest BCUT2D eigenvalue weighted by Gasteiger charge is -2.08. The molecule has 108 valence electrons. The summed E-state index contributed by atoms with van der Waals surface area (Å²) in [5.74, 6) is 6.81. The number of aromatic nitrogens is 2. The standard InChI is InChI=1S/C16H18N4S/c1-9(2)11-4-6-12(7-5-11)13-10(3)21-16-14(13)15(20-17)18-8-19-16/h4-9H,17H2,1-3H3,(H,18,19,20). The third kappa shape index (κ3) is 2.39. The van der Waals surface area contributed by atoms with Crippen LogP contribution in [0.25, 0.3) is 21.3 Å². The van der Waals surface area contributed by atoms with Crippen LogP contribution in [-0.2, 0) is 0 Å². The summed E-state index contributed by atoms with van der Waals surface area (Å²) in [7, 11) is 0. The fourth-order valence-electron chi connectivity index (χ4n) is 2.54. The SMILES string of the molecule is Cc1sc2ncnc(NN)c2c1-c1ccc(C(C)C)cc1. The number of nitrogen functional groups attached to an aromatic ring is 1. The Kier molecular flexibility index (Phi) is 3.61. The van der Waals surface area contributed by atoms with Crippen molar-refractivity contribution in [3.8, 4) is 11.1 Å². The summed E-state index contributed by atoms with van der Waals surface area (Å²) in [6.45, 7) is 6.51. The maximum Gasteiger partial charge on any atom is 0.152 e. The molecule has 0 aliphatic carbocycles. The lowest BCUT2D eigenvalue weighted by Crippen LogP contribution is -2.09. The molecule has 0 bridgehead atoms. The van der Waals surface area contributed by atoms with Crippen LogP contribution >= 0.6 is 11.3 Å². The summed E-state index contributed by atoms with van der Waals surface area (Å²) in [5, 5.41) is 1.000. The molecule has 3 N–H and O–H groups in total. The number of aryl methyl sites for hydroxylation is 1. The lowest BCUT2D eigenvalue weighted by molar-refractivity contribution is 0.867. The molecular formula is C16H18N4S. The van der Waals surface area contributed by atoms with Crippen molar-refractivity contribution >= 4 is 27.4 Å². The van der Waals surface area contributed by atoms with Gasteiger partial charge in [-0.05, 0) is 24.0 Å². The number of benzene rings is 1. The Morgan fingerprint density at radius 2 is 1.86 bits per heavy atom. The van der Waals surface area contributed by atoms with Gasteiger partial charge in [-0.15, -0.1) is 11.3 Å². The van der Waals surface area contributed by atoms with Crippen LogP contribution in [0.4, 0.5) is 5.82 Å². The number of anilines is 1. The molecule has 1 aromatic carbocycles. The highest BCUT2D eigenvalue weighted by Crippen LogP contribution is 2.40. The molecule has 0 spiro atoms. The van der Waals surface area contributed by atoms with Crippen LogP contribution in [0.15, 0.2) is 30.6 Å². The van der Waals surface area contributed by atoms with Gasteiger partial charge in [0.1, 0.15) is 11.2 Å². The third-order valence-electron chi connectivity index (χ3n) is 3.67. The van der Waals surface area contributed by atoms with E-state index in [0.29, 0.717) is 11.7 Å². The summed E-state index contributed by atoms with van der Waals surface area (Å²) < 4.78 is 0. The van der Waals surface area contributed by atoms with Crippen molar-refractivity contribution in [1.82, 2.24) is 9.97 Å². The third-order valence-corrected chi connectivity index (χ3v) is 4.68. The quantitative estimate of drug-likeness (QED) is 0.565. The number of rotatable bonds is 3. The van der Waals surface area contributed by atoms with Gasteiger partial charge in [-0.1, -0.05) is 38.1 Å². The molecule has 0 aliphatic rings. The minimum absolute atomic E-state index is 0.531. The Morgan fingerprint density at radius 1 is 1.14 bits per heavy atom. The number of hydrogen-bond donors (Lipinski definition) is 2. The summed E-state index contributed by atoms with van der Waals surface area (Å²) in [6, 6.07) is 8.69. The van der Waals surface area contributed by atoms with E-state index in [2.05, 4.69) is 60.4 Å². The Bertz CT molecular complexity index is 775. The second kappa shape index (κ2) is 5.42. The van der Waals surface area contributed by atoms with Crippen molar-refractivity contribution in [3.05, 3.63) is 41.0 Å². The van der Waals surface area contributed by atoms with Crippen LogP contribution in [0.5, 0.6) is 0 Å². The second-order valence-corrected chi connectivity index (χ2v) is 6.56. The molecule has 2 aromatic heterocycles. The minimum Gasteiger partial charge on any atom is -0.308 e. The van der Waals surface area contributed by atoms with Crippen LogP contribution in [0.2, 0.25) is 0 Å². The molecule has 3 aromatic rings. The van der Waals surface area contributed by atoms with E-state index in [1.165, 1.54) is 21.6 Å². The molecule has 0 amide bonds. The first-order valence-corrected chi connectivity index (χ1v) is 7.74. The Hall–Kier alpha value is -1.98.